The first kappa shape index (κ1) is 11.8. The van der Waals surface area contributed by atoms with Crippen molar-refractivity contribution >= 4 is 5.97 Å². The van der Waals surface area contributed by atoms with E-state index in [-0.39, 0.29) is 12.2 Å². The van der Waals surface area contributed by atoms with Crippen LogP contribution in [-0.4, -0.2) is 49.1 Å². The molecule has 0 spiro atoms. The van der Waals surface area contributed by atoms with E-state index in [9.17, 15) is 9.90 Å². The maximum atomic E-state index is 11.2. The Morgan fingerprint density at radius 3 is 2.88 bits per heavy atom. The number of carbonyl (C=O) groups is 1. The molecule has 1 unspecified atom stereocenters. The normalized spacial score (nSPS) is 38.3. The van der Waals surface area contributed by atoms with Gasteiger partial charge in [-0.2, -0.15) is 0 Å². The highest BCUT2D eigenvalue weighted by molar-refractivity contribution is 5.80. The third-order valence-corrected chi connectivity index (χ3v) is 3.59. The molecule has 1 heterocycles. The molecule has 92 valence electrons. The highest BCUT2D eigenvalue weighted by atomic mass is 16.5. The molecule has 0 bridgehead atoms. The molecular formula is C11H19NO4. The summed E-state index contributed by atoms with van der Waals surface area (Å²) in [6, 6.07) is 0. The van der Waals surface area contributed by atoms with Crippen LogP contribution in [0.4, 0.5) is 0 Å². The van der Waals surface area contributed by atoms with Crippen molar-refractivity contribution in [3.05, 3.63) is 0 Å². The average molecular weight is 229 g/mol. The van der Waals surface area contributed by atoms with Crippen LogP contribution in [0.25, 0.3) is 0 Å². The fraction of sp³-hybridized carbons (Fsp3) is 0.909. The summed E-state index contributed by atoms with van der Waals surface area (Å²) in [5.41, 5.74) is -0.785. The lowest BCUT2D eigenvalue weighted by atomic mass is 9.74. The number of hydrogen-bond acceptors (Lipinski definition) is 4. The molecule has 0 aromatic carbocycles. The van der Waals surface area contributed by atoms with E-state index in [1.165, 1.54) is 0 Å². The van der Waals surface area contributed by atoms with Gasteiger partial charge in [-0.3, -0.25) is 10.1 Å². The molecule has 1 aliphatic carbocycles. The summed E-state index contributed by atoms with van der Waals surface area (Å²) in [4.78, 5) is 11.2. The zero-order chi connectivity index (χ0) is 11.6. The molecule has 2 aliphatic rings. The third kappa shape index (κ3) is 2.21. The van der Waals surface area contributed by atoms with Gasteiger partial charge < -0.3 is 14.6 Å². The molecule has 0 radical (unpaired) electrons. The number of methoxy groups -OCH3 is 1. The fourth-order valence-electron chi connectivity index (χ4n) is 2.39. The maximum Gasteiger partial charge on any atom is 0.324 e. The zero-order valence-electron chi connectivity index (χ0n) is 9.57. The SMILES string of the molecule is COC1CC(NCC2CCCO2)(C(=O)O)C1. The summed E-state index contributed by atoms with van der Waals surface area (Å²) in [5, 5.41) is 12.3. The van der Waals surface area contributed by atoms with Gasteiger partial charge in [0.25, 0.3) is 0 Å². The second-order valence-electron chi connectivity index (χ2n) is 4.67. The van der Waals surface area contributed by atoms with E-state index >= 15 is 0 Å². The summed E-state index contributed by atoms with van der Waals surface area (Å²) >= 11 is 0. The van der Waals surface area contributed by atoms with Crippen molar-refractivity contribution in [1.29, 1.82) is 0 Å². The van der Waals surface area contributed by atoms with Crippen LogP contribution >= 0.6 is 0 Å². The Labute approximate surface area is 95.1 Å². The lowest BCUT2D eigenvalue weighted by Crippen LogP contribution is -2.64. The molecular weight excluding hydrogens is 210 g/mol. The molecule has 0 aromatic rings. The van der Waals surface area contributed by atoms with Gasteiger partial charge in [0.15, 0.2) is 0 Å². The Hall–Kier alpha value is -0.650. The molecule has 1 saturated heterocycles. The Morgan fingerprint density at radius 1 is 1.62 bits per heavy atom. The highest BCUT2D eigenvalue weighted by Gasteiger charge is 2.50. The monoisotopic (exact) mass is 229 g/mol. The number of rotatable bonds is 5. The van der Waals surface area contributed by atoms with Gasteiger partial charge in [0, 0.05) is 33.1 Å². The molecule has 1 aliphatic heterocycles. The van der Waals surface area contributed by atoms with E-state index in [4.69, 9.17) is 9.47 Å². The predicted octanol–water partition coefficient (Wildman–Crippen LogP) is 0.387. The molecule has 2 fully saturated rings. The van der Waals surface area contributed by atoms with Gasteiger partial charge in [0.1, 0.15) is 5.54 Å². The van der Waals surface area contributed by atoms with Crippen molar-refractivity contribution in [2.75, 3.05) is 20.3 Å². The van der Waals surface area contributed by atoms with Crippen LogP contribution in [0.3, 0.4) is 0 Å². The Balaban J connectivity index is 1.82. The van der Waals surface area contributed by atoms with Crippen LogP contribution in [0, 0.1) is 0 Å². The Morgan fingerprint density at radius 2 is 2.38 bits per heavy atom. The molecule has 0 aromatic heterocycles. The minimum Gasteiger partial charge on any atom is -0.480 e. The molecule has 2 N–H and O–H groups in total. The summed E-state index contributed by atoms with van der Waals surface area (Å²) in [6.45, 7) is 1.43. The summed E-state index contributed by atoms with van der Waals surface area (Å²) < 4.78 is 10.6. The third-order valence-electron chi connectivity index (χ3n) is 3.59. The number of carboxylic acids is 1. The minimum atomic E-state index is -0.785. The number of ether oxygens (including phenoxy) is 2. The average Bonchev–Trinajstić information content (AvgIpc) is 2.68. The molecule has 2 rings (SSSR count). The van der Waals surface area contributed by atoms with Crippen molar-refractivity contribution in [2.45, 2.75) is 43.4 Å². The first-order chi connectivity index (χ1) is 7.66. The molecule has 5 nitrogen and oxygen atoms in total. The lowest BCUT2D eigenvalue weighted by Gasteiger charge is -2.44. The zero-order valence-corrected chi connectivity index (χ0v) is 9.57. The van der Waals surface area contributed by atoms with Crippen LogP contribution in [0.1, 0.15) is 25.7 Å². The van der Waals surface area contributed by atoms with Crippen molar-refractivity contribution in [3.8, 4) is 0 Å². The first-order valence-electron chi connectivity index (χ1n) is 5.79. The van der Waals surface area contributed by atoms with E-state index in [0.29, 0.717) is 19.4 Å². The summed E-state index contributed by atoms with van der Waals surface area (Å²) in [5.74, 6) is -0.779. The fourth-order valence-corrected chi connectivity index (χ4v) is 2.39. The second-order valence-corrected chi connectivity index (χ2v) is 4.67. The van der Waals surface area contributed by atoms with Gasteiger partial charge in [0.05, 0.1) is 12.2 Å². The van der Waals surface area contributed by atoms with Gasteiger partial charge in [-0.05, 0) is 12.8 Å². The maximum absolute atomic E-state index is 11.2. The predicted molar refractivity (Wildman–Crippen MR) is 57.4 cm³/mol. The molecule has 0 amide bonds. The number of aliphatic carboxylic acids is 1. The van der Waals surface area contributed by atoms with Crippen molar-refractivity contribution in [3.63, 3.8) is 0 Å². The van der Waals surface area contributed by atoms with Gasteiger partial charge in [-0.25, -0.2) is 0 Å². The van der Waals surface area contributed by atoms with E-state index in [0.717, 1.165) is 19.4 Å². The Bertz CT molecular complexity index is 257. The quantitative estimate of drug-likeness (QED) is 0.713. The summed E-state index contributed by atoms with van der Waals surface area (Å²) in [7, 11) is 1.62. The standard InChI is InChI=1S/C11H19NO4/c1-15-9-5-11(6-9,10(13)14)12-7-8-3-2-4-16-8/h8-9,12H,2-7H2,1H3,(H,13,14). The van der Waals surface area contributed by atoms with Crippen molar-refractivity contribution in [1.82, 2.24) is 5.32 Å². The van der Waals surface area contributed by atoms with Crippen LogP contribution in [-0.2, 0) is 14.3 Å². The van der Waals surface area contributed by atoms with Crippen LogP contribution in [0.2, 0.25) is 0 Å². The van der Waals surface area contributed by atoms with Gasteiger partial charge in [-0.15, -0.1) is 0 Å². The lowest BCUT2D eigenvalue weighted by molar-refractivity contribution is -0.156. The minimum absolute atomic E-state index is 0.0769. The largest absolute Gasteiger partial charge is 0.480 e. The topological polar surface area (TPSA) is 67.8 Å². The smallest absolute Gasteiger partial charge is 0.324 e. The van der Waals surface area contributed by atoms with Crippen molar-refractivity contribution in [2.24, 2.45) is 0 Å². The van der Waals surface area contributed by atoms with Crippen molar-refractivity contribution < 1.29 is 19.4 Å². The van der Waals surface area contributed by atoms with E-state index in [1.54, 1.807) is 7.11 Å². The van der Waals surface area contributed by atoms with Gasteiger partial charge in [-0.1, -0.05) is 0 Å². The van der Waals surface area contributed by atoms with Crippen LogP contribution in [0.5, 0.6) is 0 Å². The van der Waals surface area contributed by atoms with Gasteiger partial charge in [0.2, 0.25) is 0 Å². The molecule has 1 atom stereocenters. The van der Waals surface area contributed by atoms with Crippen LogP contribution in [0.15, 0.2) is 0 Å². The molecule has 5 heteroatoms. The van der Waals surface area contributed by atoms with Crippen LogP contribution < -0.4 is 5.32 Å². The number of nitrogens with one attached hydrogen (secondary N) is 1. The Kier molecular flexibility index (Phi) is 3.47. The number of carboxylic acid groups (broad SMARTS) is 1. The van der Waals surface area contributed by atoms with E-state index in [1.807, 2.05) is 0 Å². The second kappa shape index (κ2) is 4.69. The molecule has 16 heavy (non-hydrogen) atoms. The number of hydrogen-bond donors (Lipinski definition) is 2. The molecule has 1 saturated carbocycles. The summed E-state index contributed by atoms with van der Waals surface area (Å²) in [6.07, 6.45) is 3.45. The van der Waals surface area contributed by atoms with E-state index < -0.39 is 11.5 Å². The first-order valence-corrected chi connectivity index (χ1v) is 5.79. The van der Waals surface area contributed by atoms with Gasteiger partial charge >= 0.3 is 5.97 Å². The van der Waals surface area contributed by atoms with E-state index in [2.05, 4.69) is 5.32 Å². The highest BCUT2D eigenvalue weighted by Crippen LogP contribution is 2.34.